The molecule has 0 bridgehead atoms. The van der Waals surface area contributed by atoms with Crippen LogP contribution in [0.15, 0.2) is 24.3 Å². The van der Waals surface area contributed by atoms with Crippen LogP contribution in [0, 0.1) is 0 Å². The maximum Gasteiger partial charge on any atom is 0.326 e. The SMILES string of the molecule is CCNC1(C(=O)OC)CCC(N2Cc3ccccc3C2)C1. The highest BCUT2D eigenvalue weighted by atomic mass is 16.5. The monoisotopic (exact) mass is 288 g/mol. The summed E-state index contributed by atoms with van der Waals surface area (Å²) < 4.78 is 5.04. The first-order valence-electron chi connectivity index (χ1n) is 7.83. The van der Waals surface area contributed by atoms with Gasteiger partial charge in [-0.2, -0.15) is 0 Å². The summed E-state index contributed by atoms with van der Waals surface area (Å²) in [5.41, 5.74) is 2.37. The minimum atomic E-state index is -0.483. The highest BCUT2D eigenvalue weighted by molar-refractivity contribution is 5.81. The van der Waals surface area contributed by atoms with Crippen molar-refractivity contribution in [2.75, 3.05) is 13.7 Å². The molecule has 0 radical (unpaired) electrons. The van der Waals surface area contributed by atoms with Crippen LogP contribution in [0.5, 0.6) is 0 Å². The molecule has 1 aliphatic carbocycles. The van der Waals surface area contributed by atoms with Crippen molar-refractivity contribution < 1.29 is 9.53 Å². The van der Waals surface area contributed by atoms with Gasteiger partial charge in [0.25, 0.3) is 0 Å². The molecule has 3 rings (SSSR count). The number of fused-ring (bicyclic) bond motifs is 1. The third-order valence-corrected chi connectivity index (χ3v) is 4.96. The van der Waals surface area contributed by atoms with Crippen LogP contribution in [0.25, 0.3) is 0 Å². The van der Waals surface area contributed by atoms with E-state index in [2.05, 4.69) is 34.5 Å². The lowest BCUT2D eigenvalue weighted by Gasteiger charge is -2.29. The Balaban J connectivity index is 1.71. The zero-order valence-electron chi connectivity index (χ0n) is 12.9. The molecule has 1 fully saturated rings. The van der Waals surface area contributed by atoms with E-state index in [1.165, 1.54) is 18.2 Å². The molecule has 1 aromatic rings. The maximum absolute atomic E-state index is 12.2. The lowest BCUT2D eigenvalue weighted by molar-refractivity contribution is -0.148. The Morgan fingerprint density at radius 2 is 2.05 bits per heavy atom. The average Bonchev–Trinajstić information content (AvgIpc) is 3.11. The van der Waals surface area contributed by atoms with Gasteiger partial charge >= 0.3 is 5.97 Å². The molecule has 4 nitrogen and oxygen atoms in total. The second-order valence-electron chi connectivity index (χ2n) is 6.17. The van der Waals surface area contributed by atoms with Crippen molar-refractivity contribution in [3.63, 3.8) is 0 Å². The van der Waals surface area contributed by atoms with Gasteiger partial charge in [0, 0.05) is 19.1 Å². The van der Waals surface area contributed by atoms with Crippen molar-refractivity contribution in [3.8, 4) is 0 Å². The van der Waals surface area contributed by atoms with Crippen LogP contribution in [0.1, 0.15) is 37.3 Å². The Labute approximate surface area is 126 Å². The number of nitrogens with one attached hydrogen (secondary N) is 1. The smallest absolute Gasteiger partial charge is 0.326 e. The highest BCUT2D eigenvalue weighted by Crippen LogP contribution is 2.37. The van der Waals surface area contributed by atoms with E-state index in [-0.39, 0.29) is 5.97 Å². The third-order valence-electron chi connectivity index (χ3n) is 4.96. The molecule has 1 aromatic carbocycles. The van der Waals surface area contributed by atoms with E-state index in [4.69, 9.17) is 4.74 Å². The summed E-state index contributed by atoms with van der Waals surface area (Å²) >= 11 is 0. The molecule has 21 heavy (non-hydrogen) atoms. The Bertz CT molecular complexity index is 506. The average molecular weight is 288 g/mol. The number of hydrogen-bond donors (Lipinski definition) is 1. The zero-order valence-corrected chi connectivity index (χ0v) is 12.9. The minimum Gasteiger partial charge on any atom is -0.468 e. The molecule has 1 N–H and O–H groups in total. The Hall–Kier alpha value is -1.39. The molecular formula is C17H24N2O2. The van der Waals surface area contributed by atoms with Gasteiger partial charge in [-0.25, -0.2) is 0 Å². The number of carbonyl (C=O) groups is 1. The summed E-state index contributed by atoms with van der Waals surface area (Å²) in [6.45, 7) is 4.85. The van der Waals surface area contributed by atoms with E-state index in [9.17, 15) is 4.79 Å². The Morgan fingerprint density at radius 3 is 2.62 bits per heavy atom. The molecule has 4 heteroatoms. The largest absolute Gasteiger partial charge is 0.468 e. The number of rotatable bonds is 4. The number of ether oxygens (including phenoxy) is 1. The molecule has 0 spiro atoms. The summed E-state index contributed by atoms with van der Waals surface area (Å²) in [6, 6.07) is 9.09. The molecule has 1 aliphatic heterocycles. The predicted molar refractivity (Wildman–Crippen MR) is 81.8 cm³/mol. The van der Waals surface area contributed by atoms with Crippen molar-refractivity contribution in [2.45, 2.75) is 50.9 Å². The van der Waals surface area contributed by atoms with Crippen LogP contribution >= 0.6 is 0 Å². The zero-order chi connectivity index (χ0) is 14.9. The van der Waals surface area contributed by atoms with Gasteiger partial charge in [0.05, 0.1) is 7.11 Å². The standard InChI is InChI=1S/C17H24N2O2/c1-3-18-17(16(20)21-2)9-8-15(10-17)19-11-13-6-4-5-7-14(13)12-19/h4-7,15,18H,3,8-12H2,1-2H3. The maximum atomic E-state index is 12.2. The summed E-state index contributed by atoms with van der Waals surface area (Å²) in [4.78, 5) is 14.7. The van der Waals surface area contributed by atoms with Gasteiger partial charge in [0.2, 0.25) is 0 Å². The fourth-order valence-corrected chi connectivity index (χ4v) is 3.90. The van der Waals surface area contributed by atoms with E-state index in [1.807, 2.05) is 6.92 Å². The molecular weight excluding hydrogens is 264 g/mol. The predicted octanol–water partition coefficient (Wildman–Crippen LogP) is 2.08. The first-order chi connectivity index (χ1) is 10.2. The van der Waals surface area contributed by atoms with E-state index < -0.39 is 5.54 Å². The summed E-state index contributed by atoms with van der Waals surface area (Å²) in [5, 5.41) is 3.38. The third kappa shape index (κ3) is 2.58. The van der Waals surface area contributed by atoms with Crippen LogP contribution in [-0.2, 0) is 22.6 Å². The van der Waals surface area contributed by atoms with Crippen LogP contribution in [0.3, 0.4) is 0 Å². The van der Waals surface area contributed by atoms with Crippen LogP contribution in [-0.4, -0.2) is 36.1 Å². The van der Waals surface area contributed by atoms with Crippen LogP contribution < -0.4 is 5.32 Å². The Kier molecular flexibility index (Phi) is 4.00. The number of carbonyl (C=O) groups excluding carboxylic acids is 1. The normalized spacial score (nSPS) is 28.6. The van der Waals surface area contributed by atoms with Gasteiger partial charge in [-0.15, -0.1) is 0 Å². The van der Waals surface area contributed by atoms with E-state index in [0.717, 1.165) is 38.9 Å². The molecule has 2 aliphatic rings. The molecule has 0 saturated heterocycles. The first-order valence-corrected chi connectivity index (χ1v) is 7.83. The second-order valence-corrected chi connectivity index (χ2v) is 6.17. The first kappa shape index (κ1) is 14.5. The van der Waals surface area contributed by atoms with Gasteiger partial charge in [0.1, 0.15) is 5.54 Å². The van der Waals surface area contributed by atoms with Gasteiger partial charge in [-0.3, -0.25) is 9.69 Å². The molecule has 2 unspecified atom stereocenters. The lowest BCUT2D eigenvalue weighted by atomic mass is 9.97. The van der Waals surface area contributed by atoms with Crippen molar-refractivity contribution in [1.82, 2.24) is 10.2 Å². The van der Waals surface area contributed by atoms with Crippen LogP contribution in [0.2, 0.25) is 0 Å². The summed E-state index contributed by atoms with van der Waals surface area (Å²) in [7, 11) is 1.49. The quantitative estimate of drug-likeness (QED) is 0.861. The van der Waals surface area contributed by atoms with Crippen molar-refractivity contribution in [1.29, 1.82) is 0 Å². The van der Waals surface area contributed by atoms with Gasteiger partial charge < -0.3 is 10.1 Å². The minimum absolute atomic E-state index is 0.108. The number of hydrogen-bond acceptors (Lipinski definition) is 4. The van der Waals surface area contributed by atoms with E-state index >= 15 is 0 Å². The Morgan fingerprint density at radius 1 is 1.38 bits per heavy atom. The number of likely N-dealkylation sites (N-methyl/N-ethyl adjacent to an activating group) is 1. The van der Waals surface area contributed by atoms with Crippen molar-refractivity contribution >= 4 is 5.97 Å². The van der Waals surface area contributed by atoms with Crippen molar-refractivity contribution in [2.24, 2.45) is 0 Å². The van der Waals surface area contributed by atoms with E-state index in [0.29, 0.717) is 6.04 Å². The van der Waals surface area contributed by atoms with Gasteiger partial charge in [0.15, 0.2) is 0 Å². The summed E-state index contributed by atoms with van der Waals surface area (Å²) in [6.07, 6.45) is 2.77. The fourth-order valence-electron chi connectivity index (χ4n) is 3.90. The van der Waals surface area contributed by atoms with Gasteiger partial charge in [-0.05, 0) is 36.9 Å². The van der Waals surface area contributed by atoms with Crippen molar-refractivity contribution in [3.05, 3.63) is 35.4 Å². The number of nitrogens with zero attached hydrogens (tertiary/aromatic N) is 1. The fraction of sp³-hybridized carbons (Fsp3) is 0.588. The number of methoxy groups -OCH3 is 1. The highest BCUT2D eigenvalue weighted by Gasteiger charge is 2.47. The molecule has 0 aromatic heterocycles. The molecule has 114 valence electrons. The number of esters is 1. The molecule has 2 atom stereocenters. The summed E-state index contributed by atoms with van der Waals surface area (Å²) in [5.74, 6) is -0.108. The van der Waals surface area contributed by atoms with Crippen LogP contribution in [0.4, 0.5) is 0 Å². The second kappa shape index (κ2) is 5.78. The molecule has 0 amide bonds. The lowest BCUT2D eigenvalue weighted by Crippen LogP contribution is -2.51. The molecule has 1 heterocycles. The topological polar surface area (TPSA) is 41.6 Å². The van der Waals surface area contributed by atoms with E-state index in [1.54, 1.807) is 0 Å². The van der Waals surface area contributed by atoms with Gasteiger partial charge in [-0.1, -0.05) is 31.2 Å². The number of benzene rings is 1. The molecule has 1 saturated carbocycles.